The van der Waals surface area contributed by atoms with E-state index in [1.54, 1.807) is 11.3 Å². The predicted octanol–water partition coefficient (Wildman–Crippen LogP) is 3.60. The second-order valence-corrected chi connectivity index (χ2v) is 5.58. The van der Waals surface area contributed by atoms with E-state index < -0.39 is 0 Å². The van der Waals surface area contributed by atoms with Gasteiger partial charge in [-0.3, -0.25) is 10.2 Å². The molecule has 0 spiro atoms. The zero-order valence-corrected chi connectivity index (χ0v) is 11.4. The second-order valence-electron chi connectivity index (χ2n) is 4.69. The monoisotopic (exact) mass is 273 g/mol. The fraction of sp³-hybridized carbons (Fsp3) is 0.357. The number of carbonyl (C=O) groups is 1. The van der Waals surface area contributed by atoms with Gasteiger partial charge in [-0.1, -0.05) is 6.42 Å². The van der Waals surface area contributed by atoms with Crippen molar-refractivity contribution < 1.29 is 4.79 Å². The first kappa shape index (κ1) is 12.3. The molecule has 0 radical (unpaired) electrons. The van der Waals surface area contributed by atoms with Crippen LogP contribution in [0.25, 0.3) is 10.2 Å². The number of rotatable bonds is 2. The lowest BCUT2D eigenvalue weighted by Gasteiger charge is -2.03. The van der Waals surface area contributed by atoms with E-state index in [4.69, 9.17) is 0 Å². The van der Waals surface area contributed by atoms with Crippen LogP contribution in [0.5, 0.6) is 0 Å². The highest BCUT2D eigenvalue weighted by atomic mass is 32.1. The molecule has 19 heavy (non-hydrogen) atoms. The zero-order chi connectivity index (χ0) is 13.1. The summed E-state index contributed by atoms with van der Waals surface area (Å²) in [5.41, 5.74) is 7.41. The molecular formula is C14H15N3OS. The van der Waals surface area contributed by atoms with Gasteiger partial charge in [-0.2, -0.15) is 5.10 Å². The molecular weight excluding hydrogens is 258 g/mol. The molecule has 1 aromatic carbocycles. The Morgan fingerprint density at radius 1 is 1.21 bits per heavy atom. The number of Topliss-reactive ketones (excluding diaryl/α,β-unsaturated/α-hetero) is 1. The molecule has 0 unspecified atom stereocenters. The number of hydrogen-bond donors (Lipinski definition) is 1. The lowest BCUT2D eigenvalue weighted by Crippen LogP contribution is -2.13. The number of aromatic nitrogens is 1. The fourth-order valence-corrected chi connectivity index (χ4v) is 2.93. The maximum atomic E-state index is 11.8. The number of anilines is 1. The van der Waals surface area contributed by atoms with E-state index in [-0.39, 0.29) is 5.78 Å². The lowest BCUT2D eigenvalue weighted by molar-refractivity contribution is -0.113. The van der Waals surface area contributed by atoms with Gasteiger partial charge in [0.1, 0.15) is 5.71 Å². The normalized spacial score (nSPS) is 18.7. The first-order valence-electron chi connectivity index (χ1n) is 6.52. The summed E-state index contributed by atoms with van der Waals surface area (Å²) in [6.45, 7) is 0. The Labute approximate surface area is 115 Å². The third kappa shape index (κ3) is 2.81. The fourth-order valence-electron chi connectivity index (χ4n) is 2.21. The molecule has 1 N–H and O–H groups in total. The van der Waals surface area contributed by atoms with Gasteiger partial charge in [-0.05, 0) is 37.5 Å². The van der Waals surface area contributed by atoms with Crippen molar-refractivity contribution in [2.45, 2.75) is 32.1 Å². The molecule has 0 amide bonds. The van der Waals surface area contributed by atoms with E-state index in [0.29, 0.717) is 12.1 Å². The lowest BCUT2D eigenvalue weighted by atomic mass is 10.1. The first-order chi connectivity index (χ1) is 9.33. The molecule has 1 fully saturated rings. The van der Waals surface area contributed by atoms with Crippen molar-refractivity contribution in [2.75, 3.05) is 5.43 Å². The van der Waals surface area contributed by atoms with Gasteiger partial charge in [0.05, 0.1) is 21.4 Å². The summed E-state index contributed by atoms with van der Waals surface area (Å²) in [6.07, 6.45) is 4.59. The maximum absolute atomic E-state index is 11.8. The predicted molar refractivity (Wildman–Crippen MR) is 78.8 cm³/mol. The highest BCUT2D eigenvalue weighted by Gasteiger charge is 2.14. The Hall–Kier alpha value is -1.75. The van der Waals surface area contributed by atoms with E-state index in [0.717, 1.165) is 41.6 Å². The first-order valence-corrected chi connectivity index (χ1v) is 7.40. The van der Waals surface area contributed by atoms with Crippen LogP contribution in [0.2, 0.25) is 0 Å². The van der Waals surface area contributed by atoms with Crippen molar-refractivity contribution in [2.24, 2.45) is 5.10 Å². The summed E-state index contributed by atoms with van der Waals surface area (Å²) in [4.78, 5) is 16.1. The van der Waals surface area contributed by atoms with E-state index >= 15 is 0 Å². The van der Waals surface area contributed by atoms with Crippen molar-refractivity contribution in [3.63, 3.8) is 0 Å². The minimum atomic E-state index is 0.184. The number of nitrogens with zero attached hydrogens (tertiary/aromatic N) is 2. The molecule has 1 aromatic heterocycles. The van der Waals surface area contributed by atoms with Crippen molar-refractivity contribution in [1.29, 1.82) is 0 Å². The van der Waals surface area contributed by atoms with Crippen molar-refractivity contribution >= 4 is 38.7 Å². The van der Waals surface area contributed by atoms with E-state index in [9.17, 15) is 4.79 Å². The van der Waals surface area contributed by atoms with Crippen molar-refractivity contribution in [3.8, 4) is 0 Å². The molecule has 0 bridgehead atoms. The minimum Gasteiger partial charge on any atom is -0.293 e. The number of nitrogens with one attached hydrogen (secondary N) is 1. The minimum absolute atomic E-state index is 0.184. The average Bonchev–Trinajstić information content (AvgIpc) is 2.79. The smallest absolute Gasteiger partial charge is 0.178 e. The Morgan fingerprint density at radius 3 is 3.05 bits per heavy atom. The molecule has 98 valence electrons. The van der Waals surface area contributed by atoms with Crippen LogP contribution < -0.4 is 5.43 Å². The quantitative estimate of drug-likeness (QED) is 0.672. The van der Waals surface area contributed by atoms with Crippen LogP contribution >= 0.6 is 11.3 Å². The van der Waals surface area contributed by atoms with Crippen LogP contribution in [0.4, 0.5) is 5.69 Å². The number of carbonyl (C=O) groups excluding carboxylic acids is 1. The molecule has 1 aliphatic rings. The summed E-state index contributed by atoms with van der Waals surface area (Å²) in [5, 5.41) is 4.29. The summed E-state index contributed by atoms with van der Waals surface area (Å²) in [7, 11) is 0. The van der Waals surface area contributed by atoms with Gasteiger partial charge >= 0.3 is 0 Å². The second kappa shape index (κ2) is 5.48. The summed E-state index contributed by atoms with van der Waals surface area (Å²) in [6, 6.07) is 5.91. The highest BCUT2D eigenvalue weighted by Crippen LogP contribution is 2.22. The molecule has 5 heteroatoms. The van der Waals surface area contributed by atoms with Gasteiger partial charge in [0.25, 0.3) is 0 Å². The summed E-state index contributed by atoms with van der Waals surface area (Å²) in [5.74, 6) is 0.184. The van der Waals surface area contributed by atoms with Crippen LogP contribution in [0.15, 0.2) is 28.8 Å². The van der Waals surface area contributed by atoms with Crippen LogP contribution in [0.1, 0.15) is 32.1 Å². The maximum Gasteiger partial charge on any atom is 0.178 e. The Morgan fingerprint density at radius 2 is 2.11 bits per heavy atom. The van der Waals surface area contributed by atoms with Crippen LogP contribution in [0, 0.1) is 0 Å². The number of thiazole rings is 1. The van der Waals surface area contributed by atoms with Gasteiger partial charge in [-0.15, -0.1) is 11.3 Å². The largest absolute Gasteiger partial charge is 0.293 e. The number of fused-ring (bicyclic) bond motifs is 1. The molecule has 1 saturated carbocycles. The molecule has 1 heterocycles. The highest BCUT2D eigenvalue weighted by molar-refractivity contribution is 7.16. The number of benzene rings is 1. The van der Waals surface area contributed by atoms with Crippen LogP contribution in [-0.4, -0.2) is 16.5 Å². The molecule has 0 aliphatic heterocycles. The van der Waals surface area contributed by atoms with Gasteiger partial charge in [0, 0.05) is 6.42 Å². The van der Waals surface area contributed by atoms with Gasteiger partial charge in [0.2, 0.25) is 0 Å². The standard InChI is InChI=1S/C14H15N3OS/c18-13-5-3-1-2-4-11(13)17-16-10-6-7-12-14(8-10)19-9-15-12/h6-9,16H,1-5H2/b17-11+. The SMILES string of the molecule is O=C1CCCCC/C1=N\Nc1ccc2ncsc2c1. The van der Waals surface area contributed by atoms with E-state index in [1.165, 1.54) is 0 Å². The Balaban J connectivity index is 1.78. The van der Waals surface area contributed by atoms with Crippen LogP contribution in [0.3, 0.4) is 0 Å². The third-order valence-corrected chi connectivity index (χ3v) is 4.08. The van der Waals surface area contributed by atoms with Crippen molar-refractivity contribution in [3.05, 3.63) is 23.7 Å². The summed E-state index contributed by atoms with van der Waals surface area (Å²) >= 11 is 1.60. The average molecular weight is 273 g/mol. The molecule has 3 rings (SSSR count). The van der Waals surface area contributed by atoms with Gasteiger partial charge in [0.15, 0.2) is 5.78 Å². The Kier molecular flexibility index (Phi) is 3.55. The Bertz CT molecular complexity index is 632. The summed E-state index contributed by atoms with van der Waals surface area (Å²) < 4.78 is 1.12. The van der Waals surface area contributed by atoms with Gasteiger partial charge in [-0.25, -0.2) is 4.98 Å². The molecule has 0 atom stereocenters. The number of hydrogen-bond acceptors (Lipinski definition) is 5. The van der Waals surface area contributed by atoms with Gasteiger partial charge < -0.3 is 0 Å². The topological polar surface area (TPSA) is 54.4 Å². The molecule has 1 aliphatic carbocycles. The number of ketones is 1. The molecule has 2 aromatic rings. The van der Waals surface area contributed by atoms with Crippen LogP contribution in [-0.2, 0) is 4.79 Å². The van der Waals surface area contributed by atoms with E-state index in [1.807, 2.05) is 23.7 Å². The van der Waals surface area contributed by atoms with Crippen molar-refractivity contribution in [1.82, 2.24) is 4.98 Å². The number of hydrazone groups is 1. The third-order valence-electron chi connectivity index (χ3n) is 3.29. The molecule has 0 saturated heterocycles. The van der Waals surface area contributed by atoms with E-state index in [2.05, 4.69) is 15.5 Å². The molecule has 4 nitrogen and oxygen atoms in total. The zero-order valence-electron chi connectivity index (χ0n) is 10.6.